The molecule has 0 aromatic heterocycles. The molecule has 1 aromatic rings. The van der Waals surface area contributed by atoms with Crippen LogP contribution >= 0.6 is 0 Å². The number of halogens is 4. The minimum absolute atomic E-state index is 0.235. The highest BCUT2D eigenvalue weighted by molar-refractivity contribution is 5.33. The van der Waals surface area contributed by atoms with E-state index in [4.69, 9.17) is 4.74 Å². The van der Waals surface area contributed by atoms with Crippen LogP contribution in [-0.4, -0.2) is 13.0 Å². The number of ether oxygens (including phenoxy) is 2. The van der Waals surface area contributed by atoms with Crippen LogP contribution < -0.4 is 9.47 Å². The Balaban J connectivity index is 1.70. The molecule has 0 amide bonds. The predicted molar refractivity (Wildman–Crippen MR) is 92.8 cm³/mol. The second-order valence-corrected chi connectivity index (χ2v) is 7.19. The molecule has 26 heavy (non-hydrogen) atoms. The molecule has 0 radical (unpaired) electrons. The summed E-state index contributed by atoms with van der Waals surface area (Å²) in [7, 11) is 0. The summed E-state index contributed by atoms with van der Waals surface area (Å²) in [4.78, 5) is 0. The van der Waals surface area contributed by atoms with Crippen LogP contribution in [0.15, 0.2) is 18.2 Å². The van der Waals surface area contributed by atoms with E-state index < -0.39 is 17.9 Å². The molecule has 0 spiro atoms. The first-order valence-corrected chi connectivity index (χ1v) is 9.55. The van der Waals surface area contributed by atoms with Gasteiger partial charge < -0.3 is 9.47 Å². The number of alkyl halides is 3. The van der Waals surface area contributed by atoms with Crippen LogP contribution in [0.2, 0.25) is 0 Å². The molecule has 1 aliphatic carbocycles. The zero-order valence-corrected chi connectivity index (χ0v) is 15.3. The van der Waals surface area contributed by atoms with Gasteiger partial charge in [-0.15, -0.1) is 13.2 Å². The first-order chi connectivity index (χ1) is 12.4. The van der Waals surface area contributed by atoms with Crippen molar-refractivity contribution in [3.8, 4) is 11.5 Å². The second-order valence-electron chi connectivity index (χ2n) is 7.19. The van der Waals surface area contributed by atoms with E-state index in [2.05, 4.69) is 11.7 Å². The van der Waals surface area contributed by atoms with E-state index in [-0.39, 0.29) is 5.75 Å². The van der Waals surface area contributed by atoms with E-state index in [9.17, 15) is 17.6 Å². The highest BCUT2D eigenvalue weighted by Crippen LogP contribution is 2.33. The molecule has 0 bridgehead atoms. The van der Waals surface area contributed by atoms with Crippen LogP contribution in [0.4, 0.5) is 17.6 Å². The molecule has 0 N–H and O–H groups in total. The van der Waals surface area contributed by atoms with E-state index in [1.165, 1.54) is 51.0 Å². The van der Waals surface area contributed by atoms with E-state index in [1.807, 2.05) is 0 Å². The maximum absolute atomic E-state index is 13.7. The Labute approximate surface area is 152 Å². The molecule has 0 aliphatic heterocycles. The van der Waals surface area contributed by atoms with E-state index in [0.29, 0.717) is 12.5 Å². The molecule has 2 nitrogen and oxygen atoms in total. The van der Waals surface area contributed by atoms with Gasteiger partial charge in [0.2, 0.25) is 0 Å². The molecular formula is C20H28F4O2. The monoisotopic (exact) mass is 376 g/mol. The Kier molecular flexibility index (Phi) is 8.04. The van der Waals surface area contributed by atoms with Gasteiger partial charge in [0, 0.05) is 6.07 Å². The van der Waals surface area contributed by atoms with Gasteiger partial charge in [-0.1, -0.05) is 51.9 Å². The fraction of sp³-hybridized carbons (Fsp3) is 0.700. The van der Waals surface area contributed by atoms with Crippen molar-refractivity contribution < 1.29 is 27.0 Å². The van der Waals surface area contributed by atoms with Crippen LogP contribution in [0.5, 0.6) is 11.5 Å². The molecule has 1 fully saturated rings. The number of benzene rings is 1. The third-order valence-corrected chi connectivity index (χ3v) is 5.05. The fourth-order valence-corrected chi connectivity index (χ4v) is 3.54. The zero-order valence-electron chi connectivity index (χ0n) is 15.3. The second kappa shape index (κ2) is 10.0. The fourth-order valence-electron chi connectivity index (χ4n) is 3.54. The third kappa shape index (κ3) is 7.42. The lowest BCUT2D eigenvalue weighted by Crippen LogP contribution is -2.20. The molecule has 1 aromatic carbocycles. The zero-order chi connectivity index (χ0) is 19.0. The van der Waals surface area contributed by atoms with Crippen molar-refractivity contribution in [2.45, 2.75) is 71.1 Å². The van der Waals surface area contributed by atoms with Crippen molar-refractivity contribution >= 4 is 0 Å². The summed E-state index contributed by atoms with van der Waals surface area (Å²) < 4.78 is 59.3. The molecule has 2 rings (SSSR count). The highest BCUT2D eigenvalue weighted by atomic mass is 19.4. The van der Waals surface area contributed by atoms with Gasteiger partial charge in [0.25, 0.3) is 0 Å². The molecule has 0 atom stereocenters. The molecule has 1 saturated carbocycles. The first kappa shape index (κ1) is 20.8. The Morgan fingerprint density at radius 2 is 1.69 bits per heavy atom. The van der Waals surface area contributed by atoms with Crippen molar-refractivity contribution in [3.05, 3.63) is 24.0 Å². The standard InChI is InChI=1S/C20H28F4O2/c1-2-3-4-5-6-15-7-9-16(10-8-15)14-25-17-11-12-19(18(21)13-17)26-20(22,23)24/h11-13,15-16H,2-10,14H2,1H3/t15-,16-. The summed E-state index contributed by atoms with van der Waals surface area (Å²) in [5, 5.41) is 0. The first-order valence-electron chi connectivity index (χ1n) is 9.55. The molecular weight excluding hydrogens is 348 g/mol. The summed E-state index contributed by atoms with van der Waals surface area (Å²) >= 11 is 0. The molecule has 6 heteroatoms. The molecule has 0 heterocycles. The number of hydrogen-bond donors (Lipinski definition) is 0. The molecule has 0 saturated heterocycles. The largest absolute Gasteiger partial charge is 0.573 e. The number of rotatable bonds is 9. The quantitative estimate of drug-likeness (QED) is 0.345. The van der Waals surface area contributed by atoms with Gasteiger partial charge in [-0.2, -0.15) is 0 Å². The summed E-state index contributed by atoms with van der Waals surface area (Å²) in [6.45, 7) is 2.69. The minimum atomic E-state index is -4.90. The van der Waals surface area contributed by atoms with Crippen molar-refractivity contribution in [2.75, 3.05) is 6.61 Å². The van der Waals surface area contributed by atoms with Gasteiger partial charge in [-0.05, 0) is 36.8 Å². The van der Waals surface area contributed by atoms with Crippen LogP contribution in [0.1, 0.15) is 64.7 Å². The number of unbranched alkanes of at least 4 members (excludes halogenated alkanes) is 3. The third-order valence-electron chi connectivity index (χ3n) is 5.05. The van der Waals surface area contributed by atoms with Crippen LogP contribution in [-0.2, 0) is 0 Å². The average Bonchev–Trinajstić information content (AvgIpc) is 2.59. The van der Waals surface area contributed by atoms with Gasteiger partial charge in [0.1, 0.15) is 5.75 Å². The summed E-state index contributed by atoms with van der Waals surface area (Å²) in [6, 6.07) is 3.20. The van der Waals surface area contributed by atoms with Crippen molar-refractivity contribution in [3.63, 3.8) is 0 Å². The van der Waals surface area contributed by atoms with Crippen LogP contribution in [0.25, 0.3) is 0 Å². The Hall–Kier alpha value is -1.46. The van der Waals surface area contributed by atoms with E-state index in [0.717, 1.165) is 30.9 Å². The normalized spacial score (nSPS) is 20.8. The SMILES string of the molecule is CCCCCC[C@H]1CC[C@H](COc2ccc(OC(F)(F)F)c(F)c2)CC1. The smallest absolute Gasteiger partial charge is 0.493 e. The molecule has 148 valence electrons. The maximum Gasteiger partial charge on any atom is 0.573 e. The van der Waals surface area contributed by atoms with Gasteiger partial charge >= 0.3 is 6.36 Å². The molecule has 1 aliphatic rings. The lowest BCUT2D eigenvalue weighted by atomic mass is 9.80. The van der Waals surface area contributed by atoms with Gasteiger partial charge in [0.15, 0.2) is 11.6 Å². The average molecular weight is 376 g/mol. The van der Waals surface area contributed by atoms with E-state index in [1.54, 1.807) is 0 Å². The number of hydrogen-bond acceptors (Lipinski definition) is 2. The van der Waals surface area contributed by atoms with Gasteiger partial charge in [-0.25, -0.2) is 4.39 Å². The van der Waals surface area contributed by atoms with Crippen molar-refractivity contribution in [2.24, 2.45) is 11.8 Å². The van der Waals surface area contributed by atoms with Crippen molar-refractivity contribution in [1.82, 2.24) is 0 Å². The Morgan fingerprint density at radius 1 is 1.00 bits per heavy atom. The van der Waals surface area contributed by atoms with Gasteiger partial charge in [-0.3, -0.25) is 0 Å². The van der Waals surface area contributed by atoms with Crippen LogP contribution in [0, 0.1) is 17.7 Å². The molecule has 0 unspecified atom stereocenters. The van der Waals surface area contributed by atoms with Gasteiger partial charge in [0.05, 0.1) is 6.61 Å². The summed E-state index contributed by atoms with van der Waals surface area (Å²) in [5.74, 6) is -0.446. The summed E-state index contributed by atoms with van der Waals surface area (Å²) in [6.07, 6.45) is 6.19. The maximum atomic E-state index is 13.7. The highest BCUT2D eigenvalue weighted by Gasteiger charge is 2.32. The van der Waals surface area contributed by atoms with Crippen LogP contribution in [0.3, 0.4) is 0 Å². The lowest BCUT2D eigenvalue weighted by Gasteiger charge is -2.28. The lowest BCUT2D eigenvalue weighted by molar-refractivity contribution is -0.275. The van der Waals surface area contributed by atoms with Crippen molar-refractivity contribution in [1.29, 1.82) is 0 Å². The van der Waals surface area contributed by atoms with E-state index >= 15 is 0 Å². The summed E-state index contributed by atoms with van der Waals surface area (Å²) in [5.41, 5.74) is 0. The topological polar surface area (TPSA) is 18.5 Å². The predicted octanol–water partition coefficient (Wildman–Crippen LogP) is 6.88. The Bertz CT molecular complexity index is 537. The minimum Gasteiger partial charge on any atom is -0.493 e. The Morgan fingerprint density at radius 3 is 2.31 bits per heavy atom.